The molecule has 3 saturated carbocycles. The predicted molar refractivity (Wildman–Crippen MR) is 142 cm³/mol. The van der Waals surface area contributed by atoms with Crippen LogP contribution < -0.4 is 4.74 Å². The molecule has 0 N–H and O–H groups in total. The minimum Gasteiger partial charge on any atom is -0.496 e. The van der Waals surface area contributed by atoms with Crippen molar-refractivity contribution in [1.82, 2.24) is 0 Å². The number of hydrogen-bond donors (Lipinski definition) is 0. The van der Waals surface area contributed by atoms with Gasteiger partial charge in [0, 0.05) is 0 Å². The molecule has 0 heterocycles. The third-order valence-electron chi connectivity index (χ3n) is 10.2. The molecular formula is C32H52O. The maximum atomic E-state index is 6.09. The zero-order chi connectivity index (χ0) is 23.4. The normalized spacial score (nSPS) is 29.2. The minimum atomic E-state index is 0.860. The Morgan fingerprint density at radius 3 is 1.67 bits per heavy atom. The van der Waals surface area contributed by atoms with Gasteiger partial charge in [0.2, 0.25) is 0 Å². The van der Waals surface area contributed by atoms with Crippen LogP contribution in [0.1, 0.15) is 125 Å². The Bertz CT molecular complexity index is 755. The van der Waals surface area contributed by atoms with Gasteiger partial charge in [-0.1, -0.05) is 77.6 Å². The van der Waals surface area contributed by atoms with Crippen molar-refractivity contribution in [2.75, 3.05) is 7.11 Å². The molecule has 1 aromatic carbocycles. The van der Waals surface area contributed by atoms with E-state index in [2.05, 4.69) is 27.7 Å². The van der Waals surface area contributed by atoms with Crippen molar-refractivity contribution in [3.8, 4) is 5.75 Å². The Labute approximate surface area is 205 Å². The second kappa shape index (κ2) is 11.6. The summed E-state index contributed by atoms with van der Waals surface area (Å²) in [5.41, 5.74) is 7.68. The van der Waals surface area contributed by atoms with Gasteiger partial charge in [0.05, 0.1) is 7.11 Å². The summed E-state index contributed by atoms with van der Waals surface area (Å²) >= 11 is 0. The van der Waals surface area contributed by atoms with Crippen molar-refractivity contribution in [2.24, 2.45) is 29.6 Å². The Morgan fingerprint density at radius 2 is 1.06 bits per heavy atom. The predicted octanol–water partition coefficient (Wildman–Crippen LogP) is 9.31. The van der Waals surface area contributed by atoms with Gasteiger partial charge in [-0.05, 0) is 110 Å². The average molecular weight is 453 g/mol. The highest BCUT2D eigenvalue weighted by molar-refractivity contribution is 5.55. The molecule has 0 amide bonds. The van der Waals surface area contributed by atoms with Crippen LogP contribution in [0.4, 0.5) is 0 Å². The molecule has 1 heteroatoms. The average Bonchev–Trinajstić information content (AvgIpc) is 2.83. The van der Waals surface area contributed by atoms with E-state index in [0.717, 1.165) is 29.6 Å². The van der Waals surface area contributed by atoms with Crippen LogP contribution in [0.5, 0.6) is 5.75 Å². The Hall–Kier alpha value is -0.980. The second-order valence-electron chi connectivity index (χ2n) is 12.5. The first-order valence-corrected chi connectivity index (χ1v) is 14.6. The van der Waals surface area contributed by atoms with E-state index in [1.807, 2.05) is 7.11 Å². The maximum absolute atomic E-state index is 6.09. The number of methoxy groups -OCH3 is 1. The number of benzene rings is 1. The fraction of sp³-hybridized carbons (Fsp3) is 0.812. The third kappa shape index (κ3) is 6.18. The van der Waals surface area contributed by atoms with Crippen LogP contribution in [-0.2, 0) is 12.8 Å². The molecule has 3 fully saturated rings. The molecule has 0 unspecified atom stereocenters. The van der Waals surface area contributed by atoms with E-state index in [4.69, 9.17) is 4.74 Å². The summed E-state index contributed by atoms with van der Waals surface area (Å²) < 4.78 is 6.09. The molecule has 1 aromatic rings. The largest absolute Gasteiger partial charge is 0.496 e. The lowest BCUT2D eigenvalue weighted by Gasteiger charge is -2.34. The van der Waals surface area contributed by atoms with Gasteiger partial charge in [0.1, 0.15) is 5.75 Å². The quantitative estimate of drug-likeness (QED) is 0.400. The van der Waals surface area contributed by atoms with Gasteiger partial charge in [0.25, 0.3) is 0 Å². The van der Waals surface area contributed by atoms with Crippen molar-refractivity contribution in [3.63, 3.8) is 0 Å². The summed E-state index contributed by atoms with van der Waals surface area (Å²) in [5, 5.41) is 0. The van der Waals surface area contributed by atoms with Crippen LogP contribution in [0.25, 0.3) is 0 Å². The summed E-state index contributed by atoms with van der Waals surface area (Å²) in [4.78, 5) is 0. The van der Waals surface area contributed by atoms with Gasteiger partial charge in [-0.3, -0.25) is 0 Å². The van der Waals surface area contributed by atoms with Gasteiger partial charge < -0.3 is 4.74 Å². The molecule has 4 rings (SSSR count). The Balaban J connectivity index is 1.38. The molecule has 0 aliphatic heterocycles. The van der Waals surface area contributed by atoms with Gasteiger partial charge >= 0.3 is 0 Å². The fourth-order valence-electron chi connectivity index (χ4n) is 7.77. The molecular weight excluding hydrogens is 400 g/mol. The van der Waals surface area contributed by atoms with E-state index in [1.165, 1.54) is 125 Å². The van der Waals surface area contributed by atoms with Crippen LogP contribution in [0.2, 0.25) is 0 Å². The lowest BCUT2D eigenvalue weighted by atomic mass is 9.72. The van der Waals surface area contributed by atoms with Crippen LogP contribution in [-0.4, -0.2) is 7.11 Å². The summed E-state index contributed by atoms with van der Waals surface area (Å²) in [6, 6.07) is 0. The Morgan fingerprint density at radius 1 is 0.576 bits per heavy atom. The molecule has 3 aliphatic carbocycles. The molecule has 3 aliphatic rings. The smallest absolute Gasteiger partial charge is 0.125 e. The van der Waals surface area contributed by atoms with Crippen molar-refractivity contribution < 1.29 is 4.74 Å². The molecule has 186 valence electrons. The lowest BCUT2D eigenvalue weighted by molar-refractivity contribution is 0.195. The summed E-state index contributed by atoms with van der Waals surface area (Å²) in [5.74, 6) is 5.99. The topological polar surface area (TPSA) is 9.23 Å². The van der Waals surface area contributed by atoms with E-state index in [-0.39, 0.29) is 0 Å². The number of rotatable bonds is 7. The van der Waals surface area contributed by atoms with E-state index in [0.29, 0.717) is 0 Å². The first kappa shape index (κ1) is 25.1. The first-order valence-electron chi connectivity index (χ1n) is 14.6. The maximum Gasteiger partial charge on any atom is 0.125 e. The van der Waals surface area contributed by atoms with Crippen molar-refractivity contribution in [2.45, 2.75) is 130 Å². The molecule has 0 atom stereocenters. The van der Waals surface area contributed by atoms with Gasteiger partial charge in [-0.15, -0.1) is 0 Å². The van der Waals surface area contributed by atoms with Gasteiger partial charge in [-0.25, -0.2) is 0 Å². The zero-order valence-electron chi connectivity index (χ0n) is 22.6. The third-order valence-corrected chi connectivity index (χ3v) is 10.2. The highest BCUT2D eigenvalue weighted by atomic mass is 16.5. The first-order chi connectivity index (χ1) is 16.0. The van der Waals surface area contributed by atoms with Crippen molar-refractivity contribution >= 4 is 0 Å². The van der Waals surface area contributed by atoms with Crippen molar-refractivity contribution in [1.29, 1.82) is 0 Å². The standard InChI is InChI=1S/C32H52O/c1-22-11-13-27(14-12-22)19-28-15-17-29(18-16-28)20-30-23(2)24(3)31(32(33-5)25(30)4)21-26-9-7-6-8-10-26/h22,26-29H,6-21H2,1-5H3. The summed E-state index contributed by atoms with van der Waals surface area (Å²) in [7, 11) is 1.91. The minimum absolute atomic E-state index is 0.860. The molecule has 0 saturated heterocycles. The van der Waals surface area contributed by atoms with E-state index >= 15 is 0 Å². The highest BCUT2D eigenvalue weighted by Gasteiger charge is 2.28. The molecule has 0 bridgehead atoms. The van der Waals surface area contributed by atoms with E-state index < -0.39 is 0 Å². The number of ether oxygens (including phenoxy) is 1. The second-order valence-corrected chi connectivity index (χ2v) is 12.5. The summed E-state index contributed by atoms with van der Waals surface area (Å²) in [6.07, 6.45) is 22.9. The SMILES string of the molecule is COc1c(C)c(CC2CCC(CC3CCC(C)CC3)CC2)c(C)c(C)c1CC1CCCCC1. The molecule has 33 heavy (non-hydrogen) atoms. The van der Waals surface area contributed by atoms with Crippen molar-refractivity contribution in [3.05, 3.63) is 27.8 Å². The zero-order valence-corrected chi connectivity index (χ0v) is 22.6. The van der Waals surface area contributed by atoms with Crippen LogP contribution in [0.15, 0.2) is 0 Å². The van der Waals surface area contributed by atoms with Crippen LogP contribution in [0, 0.1) is 50.4 Å². The number of hydrogen-bond acceptors (Lipinski definition) is 1. The van der Waals surface area contributed by atoms with E-state index in [9.17, 15) is 0 Å². The van der Waals surface area contributed by atoms with Crippen LogP contribution in [0.3, 0.4) is 0 Å². The molecule has 0 aromatic heterocycles. The molecule has 0 spiro atoms. The van der Waals surface area contributed by atoms with E-state index in [1.54, 1.807) is 11.1 Å². The van der Waals surface area contributed by atoms with Crippen LogP contribution >= 0.6 is 0 Å². The Kier molecular flexibility index (Phi) is 8.86. The monoisotopic (exact) mass is 452 g/mol. The lowest BCUT2D eigenvalue weighted by Crippen LogP contribution is -2.21. The summed E-state index contributed by atoms with van der Waals surface area (Å²) in [6.45, 7) is 9.57. The highest BCUT2D eigenvalue weighted by Crippen LogP contribution is 2.42. The van der Waals surface area contributed by atoms with Gasteiger partial charge in [-0.2, -0.15) is 0 Å². The van der Waals surface area contributed by atoms with Gasteiger partial charge in [0.15, 0.2) is 0 Å². The fourth-order valence-corrected chi connectivity index (χ4v) is 7.77. The molecule has 0 radical (unpaired) electrons. The molecule has 1 nitrogen and oxygen atoms in total.